The molecule has 0 saturated carbocycles. The third kappa shape index (κ3) is 5.67. The Labute approximate surface area is 124 Å². The summed E-state index contributed by atoms with van der Waals surface area (Å²) in [6.07, 6.45) is 4.54. The first-order valence-corrected chi connectivity index (χ1v) is 6.97. The van der Waals surface area contributed by atoms with Crippen LogP contribution in [0.2, 0.25) is 0 Å². The fourth-order valence-corrected chi connectivity index (χ4v) is 1.94. The number of hydrogen-bond donors (Lipinski definition) is 1. The van der Waals surface area contributed by atoms with Crippen molar-refractivity contribution in [2.45, 2.75) is 6.54 Å². The molecule has 0 radical (unpaired) electrons. The topological polar surface area (TPSA) is 43.9 Å². The molecule has 0 aliphatic heterocycles. The molecular formula is C17H20NO3+. The molecule has 21 heavy (non-hydrogen) atoms. The Balaban J connectivity index is 1.65. The summed E-state index contributed by atoms with van der Waals surface area (Å²) < 4.78 is 10.3. The van der Waals surface area contributed by atoms with Crippen LogP contribution in [0.25, 0.3) is 6.08 Å². The number of likely N-dealkylation sites (N-methyl/N-ethyl adjacent to an activating group) is 1. The molecule has 1 aromatic heterocycles. The molecule has 1 heterocycles. The number of nitrogens with one attached hydrogen (secondary N) is 1. The van der Waals surface area contributed by atoms with E-state index >= 15 is 0 Å². The monoisotopic (exact) mass is 286 g/mol. The maximum atomic E-state index is 11.5. The molecule has 0 fully saturated rings. The molecule has 110 valence electrons. The summed E-state index contributed by atoms with van der Waals surface area (Å²) in [5.41, 5.74) is 1.28. The van der Waals surface area contributed by atoms with Crippen molar-refractivity contribution in [3.8, 4) is 0 Å². The van der Waals surface area contributed by atoms with E-state index < -0.39 is 0 Å². The van der Waals surface area contributed by atoms with Crippen molar-refractivity contribution in [3.63, 3.8) is 0 Å². The van der Waals surface area contributed by atoms with Gasteiger partial charge in [0.05, 0.1) is 13.3 Å². The van der Waals surface area contributed by atoms with Gasteiger partial charge in [0.25, 0.3) is 0 Å². The SMILES string of the molecule is C[NH+](CCOC(=O)/C=C/c1ccco1)Cc1ccccc1. The molecule has 1 atom stereocenters. The van der Waals surface area contributed by atoms with Crippen LogP contribution in [-0.4, -0.2) is 26.2 Å². The molecule has 0 amide bonds. The second kappa shape index (κ2) is 8.07. The van der Waals surface area contributed by atoms with Crippen LogP contribution < -0.4 is 4.90 Å². The average Bonchev–Trinajstić information content (AvgIpc) is 2.99. The maximum absolute atomic E-state index is 11.5. The quantitative estimate of drug-likeness (QED) is 0.620. The first kappa shape index (κ1) is 15.1. The van der Waals surface area contributed by atoms with Gasteiger partial charge in [-0.3, -0.25) is 0 Å². The van der Waals surface area contributed by atoms with Crippen molar-refractivity contribution >= 4 is 12.0 Å². The van der Waals surface area contributed by atoms with Crippen molar-refractivity contribution in [1.82, 2.24) is 0 Å². The number of ether oxygens (including phenoxy) is 1. The number of benzene rings is 1. The van der Waals surface area contributed by atoms with Crippen LogP contribution in [-0.2, 0) is 16.1 Å². The van der Waals surface area contributed by atoms with Gasteiger partial charge in [0.1, 0.15) is 25.5 Å². The molecule has 0 aliphatic rings. The molecule has 0 aliphatic carbocycles. The average molecular weight is 286 g/mol. The zero-order chi connectivity index (χ0) is 14.9. The van der Waals surface area contributed by atoms with Gasteiger partial charge in [-0.2, -0.15) is 0 Å². The highest BCUT2D eigenvalue weighted by molar-refractivity contribution is 5.86. The maximum Gasteiger partial charge on any atom is 0.331 e. The lowest BCUT2D eigenvalue weighted by Gasteiger charge is -2.13. The van der Waals surface area contributed by atoms with Crippen LogP contribution in [0.1, 0.15) is 11.3 Å². The van der Waals surface area contributed by atoms with Crippen LogP contribution in [0.5, 0.6) is 0 Å². The molecule has 2 rings (SSSR count). The molecule has 0 bridgehead atoms. The summed E-state index contributed by atoms with van der Waals surface area (Å²) in [4.78, 5) is 12.8. The number of furan rings is 1. The molecule has 1 unspecified atom stereocenters. The van der Waals surface area contributed by atoms with Crippen molar-refractivity contribution in [2.75, 3.05) is 20.2 Å². The second-order valence-electron chi connectivity index (χ2n) is 4.89. The van der Waals surface area contributed by atoms with Gasteiger partial charge in [-0.1, -0.05) is 30.3 Å². The van der Waals surface area contributed by atoms with Crippen LogP contribution in [0.15, 0.2) is 59.2 Å². The molecule has 1 aromatic carbocycles. The van der Waals surface area contributed by atoms with Crippen molar-refractivity contribution in [1.29, 1.82) is 0 Å². The number of quaternary nitrogens is 1. The van der Waals surface area contributed by atoms with E-state index in [2.05, 4.69) is 19.2 Å². The summed E-state index contributed by atoms with van der Waals surface area (Å²) >= 11 is 0. The minimum Gasteiger partial charge on any atom is -0.465 e. The van der Waals surface area contributed by atoms with E-state index in [4.69, 9.17) is 9.15 Å². The summed E-state index contributed by atoms with van der Waals surface area (Å²) in [6.45, 7) is 2.09. The lowest BCUT2D eigenvalue weighted by atomic mass is 10.2. The minimum atomic E-state index is -0.348. The summed E-state index contributed by atoms with van der Waals surface area (Å²) in [5.74, 6) is 0.290. The van der Waals surface area contributed by atoms with Gasteiger partial charge >= 0.3 is 5.97 Å². The van der Waals surface area contributed by atoms with Gasteiger partial charge in [0, 0.05) is 11.6 Å². The Morgan fingerprint density at radius 3 is 2.76 bits per heavy atom. The third-order valence-electron chi connectivity index (χ3n) is 3.05. The molecule has 1 N–H and O–H groups in total. The van der Waals surface area contributed by atoms with E-state index in [1.807, 2.05) is 18.2 Å². The first-order chi connectivity index (χ1) is 10.2. The Kier molecular flexibility index (Phi) is 5.79. The standard InChI is InChI=1S/C17H19NO3/c1-18(14-15-6-3-2-4-7-15)11-13-21-17(19)10-9-16-8-5-12-20-16/h2-10,12H,11,13-14H2,1H3/p+1/b10-9+. The number of carbonyl (C=O) groups is 1. The van der Waals surface area contributed by atoms with E-state index in [1.54, 1.807) is 24.5 Å². The normalized spacial score (nSPS) is 12.4. The fraction of sp³-hybridized carbons (Fsp3) is 0.235. The van der Waals surface area contributed by atoms with Crippen molar-refractivity contribution < 1.29 is 18.8 Å². The fourth-order valence-electron chi connectivity index (χ4n) is 1.94. The van der Waals surface area contributed by atoms with Crippen LogP contribution >= 0.6 is 0 Å². The number of carbonyl (C=O) groups excluding carboxylic acids is 1. The Morgan fingerprint density at radius 1 is 1.24 bits per heavy atom. The van der Waals surface area contributed by atoms with E-state index in [0.29, 0.717) is 12.4 Å². The Hall–Kier alpha value is -2.33. The Morgan fingerprint density at radius 2 is 2.05 bits per heavy atom. The van der Waals surface area contributed by atoms with Gasteiger partial charge in [0.2, 0.25) is 0 Å². The van der Waals surface area contributed by atoms with Gasteiger partial charge in [-0.05, 0) is 18.2 Å². The molecule has 0 spiro atoms. The van der Waals surface area contributed by atoms with Gasteiger partial charge in [-0.15, -0.1) is 0 Å². The predicted octanol–water partition coefficient (Wildman–Crippen LogP) is 1.55. The molecular weight excluding hydrogens is 266 g/mol. The summed E-state index contributed by atoms with van der Waals surface area (Å²) in [7, 11) is 2.08. The molecule has 0 saturated heterocycles. The molecule has 4 heteroatoms. The summed E-state index contributed by atoms with van der Waals surface area (Å²) in [6, 6.07) is 13.8. The number of esters is 1. The van der Waals surface area contributed by atoms with E-state index in [1.165, 1.54) is 16.5 Å². The zero-order valence-corrected chi connectivity index (χ0v) is 12.1. The van der Waals surface area contributed by atoms with E-state index in [9.17, 15) is 4.79 Å². The van der Waals surface area contributed by atoms with Crippen LogP contribution in [0.4, 0.5) is 0 Å². The van der Waals surface area contributed by atoms with Crippen LogP contribution in [0.3, 0.4) is 0 Å². The lowest BCUT2D eigenvalue weighted by Crippen LogP contribution is -3.08. The minimum absolute atomic E-state index is 0.348. The molecule has 2 aromatic rings. The van der Waals surface area contributed by atoms with Gasteiger partial charge in [0.15, 0.2) is 0 Å². The zero-order valence-electron chi connectivity index (χ0n) is 12.1. The predicted molar refractivity (Wildman–Crippen MR) is 80.6 cm³/mol. The van der Waals surface area contributed by atoms with Crippen molar-refractivity contribution in [2.24, 2.45) is 0 Å². The first-order valence-electron chi connectivity index (χ1n) is 6.97. The Bertz CT molecular complexity index is 561. The van der Waals surface area contributed by atoms with Gasteiger partial charge in [-0.25, -0.2) is 4.79 Å². The second-order valence-corrected chi connectivity index (χ2v) is 4.89. The van der Waals surface area contributed by atoms with E-state index in [0.717, 1.165) is 13.1 Å². The number of rotatable bonds is 7. The highest BCUT2D eigenvalue weighted by Crippen LogP contribution is 2.02. The van der Waals surface area contributed by atoms with Gasteiger partial charge < -0.3 is 14.1 Å². The highest BCUT2D eigenvalue weighted by Gasteiger charge is 2.05. The van der Waals surface area contributed by atoms with Crippen molar-refractivity contribution in [3.05, 3.63) is 66.1 Å². The largest absolute Gasteiger partial charge is 0.465 e. The molecule has 4 nitrogen and oxygen atoms in total. The number of hydrogen-bond acceptors (Lipinski definition) is 3. The highest BCUT2D eigenvalue weighted by atomic mass is 16.5. The summed E-state index contributed by atoms with van der Waals surface area (Å²) in [5, 5.41) is 0. The smallest absolute Gasteiger partial charge is 0.331 e. The third-order valence-corrected chi connectivity index (χ3v) is 3.05. The lowest BCUT2D eigenvalue weighted by molar-refractivity contribution is -0.893. The van der Waals surface area contributed by atoms with Crippen LogP contribution in [0, 0.1) is 0 Å². The van der Waals surface area contributed by atoms with E-state index in [-0.39, 0.29) is 5.97 Å².